The van der Waals surface area contributed by atoms with Crippen molar-refractivity contribution in [2.45, 2.75) is 68.7 Å². The highest BCUT2D eigenvalue weighted by molar-refractivity contribution is 5.37. The van der Waals surface area contributed by atoms with Crippen LogP contribution in [-0.2, 0) is 6.54 Å². The summed E-state index contributed by atoms with van der Waals surface area (Å²) in [6, 6.07) is 33.3. The van der Waals surface area contributed by atoms with Crippen LogP contribution >= 0.6 is 0 Å². The van der Waals surface area contributed by atoms with E-state index in [1.54, 1.807) is 7.11 Å². The lowest BCUT2D eigenvalue weighted by atomic mass is 9.63. The van der Waals surface area contributed by atoms with E-state index in [0.717, 1.165) is 30.3 Å². The Morgan fingerprint density at radius 3 is 2.03 bits per heavy atom. The molecule has 4 bridgehead atoms. The zero-order valence-corrected chi connectivity index (χ0v) is 20.1. The summed E-state index contributed by atoms with van der Waals surface area (Å²) in [4.78, 5) is 2.97. The molecule has 4 atom stereocenters. The molecule has 0 aliphatic carbocycles. The van der Waals surface area contributed by atoms with Crippen LogP contribution < -0.4 is 10.1 Å². The maximum absolute atomic E-state index is 5.67. The van der Waals surface area contributed by atoms with Crippen molar-refractivity contribution in [2.75, 3.05) is 7.11 Å². The highest BCUT2D eigenvalue weighted by Gasteiger charge is 2.54. The molecule has 0 amide bonds. The van der Waals surface area contributed by atoms with E-state index in [0.29, 0.717) is 18.0 Å². The van der Waals surface area contributed by atoms with Crippen LogP contribution in [0.3, 0.4) is 0 Å². The topological polar surface area (TPSA) is 24.5 Å². The normalized spacial score (nSPS) is 29.8. The molecule has 4 aliphatic heterocycles. The molecular formula is C31H36N2O. The van der Waals surface area contributed by atoms with Crippen LogP contribution in [0.1, 0.15) is 54.7 Å². The second-order valence-electron chi connectivity index (χ2n) is 10.4. The van der Waals surface area contributed by atoms with Crippen LogP contribution in [-0.4, -0.2) is 36.2 Å². The molecule has 4 unspecified atom stereocenters. The first-order valence-electron chi connectivity index (χ1n) is 13.1. The van der Waals surface area contributed by atoms with Crippen LogP contribution in [0.25, 0.3) is 0 Å². The third kappa shape index (κ3) is 3.95. The Balaban J connectivity index is 1.40. The van der Waals surface area contributed by atoms with E-state index < -0.39 is 0 Å². The first-order valence-corrected chi connectivity index (χ1v) is 13.1. The van der Waals surface area contributed by atoms with Gasteiger partial charge in [-0.3, -0.25) is 4.90 Å². The van der Waals surface area contributed by atoms with Crippen molar-refractivity contribution >= 4 is 0 Å². The quantitative estimate of drug-likeness (QED) is 0.476. The van der Waals surface area contributed by atoms with Crippen LogP contribution in [0, 0.1) is 5.92 Å². The highest BCUT2D eigenvalue weighted by atomic mass is 16.5. The average Bonchev–Trinajstić information content (AvgIpc) is 2.89. The van der Waals surface area contributed by atoms with Crippen molar-refractivity contribution < 1.29 is 4.74 Å². The SMILES string of the molecule is COc1ccccc1CNC1C2CC3CCCC(C2)N3C1C(c1ccccc1)c1ccccc1. The fourth-order valence-corrected chi connectivity index (χ4v) is 7.36. The second kappa shape index (κ2) is 9.56. The molecule has 176 valence electrons. The fourth-order valence-electron chi connectivity index (χ4n) is 7.36. The molecule has 4 aliphatic rings. The molecule has 34 heavy (non-hydrogen) atoms. The maximum Gasteiger partial charge on any atom is 0.123 e. The summed E-state index contributed by atoms with van der Waals surface area (Å²) in [5.74, 6) is 2.08. The Hall–Kier alpha value is -2.62. The average molecular weight is 453 g/mol. The van der Waals surface area contributed by atoms with E-state index in [4.69, 9.17) is 4.74 Å². The number of hydrogen-bond acceptors (Lipinski definition) is 3. The zero-order valence-electron chi connectivity index (χ0n) is 20.1. The smallest absolute Gasteiger partial charge is 0.123 e. The second-order valence-corrected chi connectivity index (χ2v) is 10.4. The minimum atomic E-state index is 0.365. The third-order valence-electron chi connectivity index (χ3n) is 8.67. The summed E-state index contributed by atoms with van der Waals surface area (Å²) < 4.78 is 5.67. The van der Waals surface area contributed by atoms with E-state index in [1.165, 1.54) is 48.8 Å². The number of piperidine rings is 4. The van der Waals surface area contributed by atoms with Gasteiger partial charge in [-0.15, -0.1) is 0 Å². The van der Waals surface area contributed by atoms with Gasteiger partial charge in [0, 0.05) is 42.2 Å². The Bertz CT molecular complexity index is 1030. The van der Waals surface area contributed by atoms with Crippen LogP contribution in [0.2, 0.25) is 0 Å². The van der Waals surface area contributed by atoms with Gasteiger partial charge in [-0.25, -0.2) is 0 Å². The summed E-state index contributed by atoms with van der Waals surface area (Å²) >= 11 is 0. The molecular weight excluding hydrogens is 416 g/mol. The van der Waals surface area contributed by atoms with Crippen molar-refractivity contribution in [3.8, 4) is 5.75 Å². The van der Waals surface area contributed by atoms with Gasteiger partial charge in [0.15, 0.2) is 0 Å². The van der Waals surface area contributed by atoms with Crippen molar-refractivity contribution in [1.29, 1.82) is 0 Å². The standard InChI is InChI=1S/C31H36N2O/c1-34-28-18-9-8-15-24(28)21-32-30-25-19-26-16-10-17-27(20-25)33(26)31(30)29(22-11-4-2-5-12-22)23-13-6-3-7-14-23/h2-9,11-15,18,25-27,29-32H,10,16-17,19-21H2,1H3. The largest absolute Gasteiger partial charge is 0.496 e. The number of para-hydroxylation sites is 1. The Morgan fingerprint density at radius 1 is 0.824 bits per heavy atom. The number of fused-ring (bicyclic) bond motifs is 1. The Labute approximate surface area is 204 Å². The summed E-state index contributed by atoms with van der Waals surface area (Å²) in [5, 5.41) is 4.08. The molecule has 1 N–H and O–H groups in total. The predicted octanol–water partition coefficient (Wildman–Crippen LogP) is 6.00. The Kier molecular flexibility index (Phi) is 6.15. The molecule has 3 aromatic rings. The third-order valence-corrected chi connectivity index (χ3v) is 8.67. The van der Waals surface area contributed by atoms with Crippen LogP contribution in [0.15, 0.2) is 84.9 Å². The number of ether oxygens (including phenoxy) is 1. The molecule has 4 heterocycles. The van der Waals surface area contributed by atoms with Gasteiger partial charge in [-0.05, 0) is 48.8 Å². The lowest BCUT2D eigenvalue weighted by molar-refractivity contribution is -0.101. The van der Waals surface area contributed by atoms with E-state index in [2.05, 4.69) is 95.1 Å². The maximum atomic E-state index is 5.67. The highest BCUT2D eigenvalue weighted by Crippen LogP contribution is 2.50. The van der Waals surface area contributed by atoms with Gasteiger partial charge in [0.2, 0.25) is 0 Å². The molecule has 0 spiro atoms. The molecule has 7 rings (SSSR count). The van der Waals surface area contributed by atoms with Crippen molar-refractivity contribution in [3.63, 3.8) is 0 Å². The minimum Gasteiger partial charge on any atom is -0.496 e. The molecule has 3 heteroatoms. The molecule has 0 aromatic heterocycles. The van der Waals surface area contributed by atoms with Crippen LogP contribution in [0.5, 0.6) is 5.75 Å². The van der Waals surface area contributed by atoms with Crippen LogP contribution in [0.4, 0.5) is 0 Å². The Morgan fingerprint density at radius 2 is 1.41 bits per heavy atom. The number of nitrogens with zero attached hydrogens (tertiary/aromatic N) is 1. The summed E-state index contributed by atoms with van der Waals surface area (Å²) in [5.41, 5.74) is 4.12. The predicted molar refractivity (Wildman–Crippen MR) is 138 cm³/mol. The number of nitrogens with one attached hydrogen (secondary N) is 1. The molecule has 0 saturated carbocycles. The summed E-state index contributed by atoms with van der Waals surface area (Å²) in [6.45, 7) is 0.848. The number of hydrogen-bond donors (Lipinski definition) is 1. The van der Waals surface area contributed by atoms with Crippen molar-refractivity contribution in [3.05, 3.63) is 102 Å². The van der Waals surface area contributed by atoms with Crippen molar-refractivity contribution in [2.24, 2.45) is 5.92 Å². The fraction of sp³-hybridized carbons (Fsp3) is 0.419. The molecule has 3 aromatic carbocycles. The molecule has 4 fully saturated rings. The van der Waals surface area contributed by atoms with Gasteiger partial charge >= 0.3 is 0 Å². The molecule has 4 saturated heterocycles. The molecule has 3 nitrogen and oxygen atoms in total. The zero-order chi connectivity index (χ0) is 22.9. The first-order chi connectivity index (χ1) is 16.8. The molecule has 0 radical (unpaired) electrons. The number of rotatable bonds is 7. The van der Waals surface area contributed by atoms with Gasteiger partial charge in [0.05, 0.1) is 7.11 Å². The lowest BCUT2D eigenvalue weighted by Gasteiger charge is -2.63. The minimum absolute atomic E-state index is 0.365. The van der Waals surface area contributed by atoms with Gasteiger partial charge in [0.1, 0.15) is 5.75 Å². The number of benzene rings is 3. The van der Waals surface area contributed by atoms with E-state index in [9.17, 15) is 0 Å². The van der Waals surface area contributed by atoms with Gasteiger partial charge < -0.3 is 10.1 Å². The first kappa shape index (κ1) is 21.9. The number of methoxy groups -OCH3 is 1. The lowest BCUT2D eigenvalue weighted by Crippen LogP contribution is -2.71. The monoisotopic (exact) mass is 452 g/mol. The van der Waals surface area contributed by atoms with Gasteiger partial charge in [-0.1, -0.05) is 85.3 Å². The van der Waals surface area contributed by atoms with E-state index in [-0.39, 0.29) is 0 Å². The van der Waals surface area contributed by atoms with E-state index >= 15 is 0 Å². The van der Waals surface area contributed by atoms with Gasteiger partial charge in [0.25, 0.3) is 0 Å². The van der Waals surface area contributed by atoms with E-state index in [1.807, 2.05) is 0 Å². The van der Waals surface area contributed by atoms with Gasteiger partial charge in [-0.2, -0.15) is 0 Å². The summed E-state index contributed by atoms with van der Waals surface area (Å²) in [7, 11) is 1.78. The van der Waals surface area contributed by atoms with Crippen molar-refractivity contribution in [1.82, 2.24) is 10.2 Å². The summed E-state index contributed by atoms with van der Waals surface area (Å²) in [6.07, 6.45) is 6.80.